The fraction of sp³-hybridized carbons (Fsp3) is 0.538. The number of aliphatic hydroxyl groups is 1. The van der Waals surface area contributed by atoms with Crippen molar-refractivity contribution in [3.05, 3.63) is 29.8 Å². The molecule has 1 aliphatic rings. The average molecular weight is 323 g/mol. The molecule has 1 aliphatic carbocycles. The third-order valence-corrected chi connectivity index (χ3v) is 5.01. The van der Waals surface area contributed by atoms with E-state index in [9.17, 15) is 26.7 Å². The van der Waals surface area contributed by atoms with Gasteiger partial charge >= 0.3 is 6.18 Å². The lowest BCUT2D eigenvalue weighted by Crippen LogP contribution is -2.38. The van der Waals surface area contributed by atoms with E-state index < -0.39 is 32.8 Å². The zero-order chi connectivity index (χ0) is 15.7. The van der Waals surface area contributed by atoms with Crippen molar-refractivity contribution >= 4 is 10.0 Å². The Kier molecular flexibility index (Phi) is 4.60. The Bertz CT molecular complexity index is 593. The molecule has 1 fully saturated rings. The Balaban J connectivity index is 2.16. The molecule has 2 rings (SSSR count). The fourth-order valence-corrected chi connectivity index (χ4v) is 3.67. The van der Waals surface area contributed by atoms with Crippen molar-refractivity contribution in [1.29, 1.82) is 0 Å². The highest BCUT2D eigenvalue weighted by Crippen LogP contribution is 2.30. The monoisotopic (exact) mass is 323 g/mol. The minimum atomic E-state index is -4.58. The van der Waals surface area contributed by atoms with Gasteiger partial charge in [-0.3, -0.25) is 0 Å². The maximum Gasteiger partial charge on any atom is 0.416 e. The van der Waals surface area contributed by atoms with Crippen LogP contribution < -0.4 is 4.72 Å². The number of benzene rings is 1. The van der Waals surface area contributed by atoms with E-state index in [0.29, 0.717) is 31.7 Å². The zero-order valence-corrected chi connectivity index (χ0v) is 11.9. The number of hydrogen-bond donors (Lipinski definition) is 2. The minimum Gasteiger partial charge on any atom is -0.393 e. The Hall–Kier alpha value is -1.12. The van der Waals surface area contributed by atoms with Gasteiger partial charge in [0.25, 0.3) is 0 Å². The van der Waals surface area contributed by atoms with Gasteiger partial charge in [0.2, 0.25) is 10.0 Å². The lowest BCUT2D eigenvalue weighted by molar-refractivity contribution is -0.137. The van der Waals surface area contributed by atoms with Crippen LogP contribution in [-0.4, -0.2) is 25.7 Å². The number of sulfonamides is 1. The molecule has 0 amide bonds. The largest absolute Gasteiger partial charge is 0.416 e. The van der Waals surface area contributed by atoms with Crippen molar-refractivity contribution < 1.29 is 26.7 Å². The van der Waals surface area contributed by atoms with Crippen LogP contribution in [0.5, 0.6) is 0 Å². The van der Waals surface area contributed by atoms with Crippen LogP contribution in [0.1, 0.15) is 31.2 Å². The van der Waals surface area contributed by atoms with E-state index in [2.05, 4.69) is 4.72 Å². The summed E-state index contributed by atoms with van der Waals surface area (Å²) in [6, 6.07) is 3.31. The molecule has 4 nitrogen and oxygen atoms in total. The number of rotatable bonds is 3. The summed E-state index contributed by atoms with van der Waals surface area (Å²) in [6.45, 7) is 0. The number of nitrogens with one attached hydrogen (secondary N) is 1. The molecule has 2 N–H and O–H groups in total. The summed E-state index contributed by atoms with van der Waals surface area (Å²) in [5, 5.41) is 9.37. The lowest BCUT2D eigenvalue weighted by atomic mass is 9.94. The summed E-state index contributed by atoms with van der Waals surface area (Å²) < 4.78 is 64.5. The highest BCUT2D eigenvalue weighted by molar-refractivity contribution is 7.89. The van der Waals surface area contributed by atoms with Crippen molar-refractivity contribution in [2.75, 3.05) is 0 Å². The molecule has 1 aromatic carbocycles. The summed E-state index contributed by atoms with van der Waals surface area (Å²) in [6.07, 6.45) is -3.11. The van der Waals surface area contributed by atoms with Gasteiger partial charge in [-0.15, -0.1) is 0 Å². The summed E-state index contributed by atoms with van der Waals surface area (Å²) in [5.41, 5.74) is -0.996. The highest BCUT2D eigenvalue weighted by Gasteiger charge is 2.32. The van der Waals surface area contributed by atoms with Gasteiger partial charge < -0.3 is 5.11 Å². The predicted molar refractivity (Wildman–Crippen MR) is 70.0 cm³/mol. The molecule has 21 heavy (non-hydrogen) atoms. The van der Waals surface area contributed by atoms with Gasteiger partial charge in [0, 0.05) is 6.04 Å². The molecule has 0 unspecified atom stereocenters. The van der Waals surface area contributed by atoms with Gasteiger partial charge in [0.15, 0.2) is 0 Å². The van der Waals surface area contributed by atoms with Gasteiger partial charge in [-0.2, -0.15) is 13.2 Å². The molecule has 0 atom stereocenters. The van der Waals surface area contributed by atoms with Crippen LogP contribution >= 0.6 is 0 Å². The van der Waals surface area contributed by atoms with Crippen LogP contribution in [0.15, 0.2) is 29.2 Å². The molecule has 1 saturated carbocycles. The molecular weight excluding hydrogens is 307 g/mol. The van der Waals surface area contributed by atoms with Gasteiger partial charge in [0.05, 0.1) is 16.6 Å². The number of alkyl halides is 3. The molecule has 118 valence electrons. The van der Waals surface area contributed by atoms with Crippen LogP contribution in [0, 0.1) is 0 Å². The van der Waals surface area contributed by atoms with Gasteiger partial charge in [-0.1, -0.05) is 6.07 Å². The fourth-order valence-electron chi connectivity index (χ4n) is 2.32. The van der Waals surface area contributed by atoms with E-state index in [0.717, 1.165) is 18.2 Å². The highest BCUT2D eigenvalue weighted by atomic mass is 32.2. The molecule has 0 aliphatic heterocycles. The van der Waals surface area contributed by atoms with Crippen LogP contribution in [0.2, 0.25) is 0 Å². The van der Waals surface area contributed by atoms with Crippen LogP contribution in [0.25, 0.3) is 0 Å². The van der Waals surface area contributed by atoms with Gasteiger partial charge in [-0.05, 0) is 43.9 Å². The number of halogens is 3. The number of hydrogen-bond acceptors (Lipinski definition) is 3. The van der Waals surface area contributed by atoms with E-state index in [1.807, 2.05) is 0 Å². The van der Waals surface area contributed by atoms with Crippen molar-refractivity contribution in [2.45, 2.75) is 48.9 Å². The number of aliphatic hydroxyl groups excluding tert-OH is 1. The second-order valence-corrected chi connectivity index (χ2v) is 6.87. The smallest absolute Gasteiger partial charge is 0.393 e. The first-order chi connectivity index (χ1) is 9.68. The van der Waals surface area contributed by atoms with Crippen LogP contribution in [0.4, 0.5) is 13.2 Å². The average Bonchev–Trinajstić information content (AvgIpc) is 2.40. The van der Waals surface area contributed by atoms with Crippen LogP contribution in [-0.2, 0) is 16.2 Å². The summed E-state index contributed by atoms with van der Waals surface area (Å²) in [7, 11) is -3.99. The predicted octanol–water partition coefficient (Wildman–Crippen LogP) is 2.29. The molecule has 1 aromatic rings. The lowest BCUT2D eigenvalue weighted by Gasteiger charge is -2.26. The third kappa shape index (κ3) is 4.18. The molecule has 0 aromatic heterocycles. The minimum absolute atomic E-state index is 0.354. The van der Waals surface area contributed by atoms with Crippen molar-refractivity contribution in [2.24, 2.45) is 0 Å². The standard InChI is InChI=1S/C13H16F3NO3S/c14-13(15,16)9-2-1-3-12(8-9)21(19,20)17-10-4-6-11(18)7-5-10/h1-3,8,10-11,17-18H,4-7H2. The Labute approximate surface area is 121 Å². The quantitative estimate of drug-likeness (QED) is 0.897. The first-order valence-corrected chi connectivity index (χ1v) is 8.04. The summed E-state index contributed by atoms with van der Waals surface area (Å²) in [4.78, 5) is -0.400. The molecule has 0 radical (unpaired) electrons. The SMILES string of the molecule is O=S(=O)(NC1CCC(O)CC1)c1cccc(C(F)(F)F)c1. The maximum absolute atomic E-state index is 12.6. The second kappa shape index (κ2) is 5.94. The van der Waals surface area contributed by atoms with Crippen molar-refractivity contribution in [1.82, 2.24) is 4.72 Å². The third-order valence-electron chi connectivity index (χ3n) is 3.49. The normalized spacial score (nSPS) is 24.0. The molecule has 0 saturated heterocycles. The molecule has 0 heterocycles. The molecule has 0 bridgehead atoms. The van der Waals surface area contributed by atoms with E-state index in [-0.39, 0.29) is 6.04 Å². The van der Waals surface area contributed by atoms with Crippen LogP contribution in [0.3, 0.4) is 0 Å². The maximum atomic E-state index is 12.6. The van der Waals surface area contributed by atoms with E-state index >= 15 is 0 Å². The summed E-state index contributed by atoms with van der Waals surface area (Å²) in [5.74, 6) is 0. The summed E-state index contributed by atoms with van der Waals surface area (Å²) >= 11 is 0. The molecule has 0 spiro atoms. The van der Waals surface area contributed by atoms with Gasteiger partial charge in [0.1, 0.15) is 0 Å². The van der Waals surface area contributed by atoms with E-state index in [1.165, 1.54) is 0 Å². The van der Waals surface area contributed by atoms with Gasteiger partial charge in [-0.25, -0.2) is 13.1 Å². The Morgan fingerprint density at radius 1 is 1.14 bits per heavy atom. The van der Waals surface area contributed by atoms with Crippen molar-refractivity contribution in [3.63, 3.8) is 0 Å². The Morgan fingerprint density at radius 2 is 1.76 bits per heavy atom. The molecule has 8 heteroatoms. The topological polar surface area (TPSA) is 66.4 Å². The zero-order valence-electron chi connectivity index (χ0n) is 11.1. The van der Waals surface area contributed by atoms with Crippen molar-refractivity contribution in [3.8, 4) is 0 Å². The van der Waals surface area contributed by atoms with E-state index in [4.69, 9.17) is 0 Å². The molecular formula is C13H16F3NO3S. The second-order valence-electron chi connectivity index (χ2n) is 5.15. The first-order valence-electron chi connectivity index (χ1n) is 6.56. The Morgan fingerprint density at radius 3 is 2.33 bits per heavy atom. The first kappa shape index (κ1) is 16.3. The van der Waals surface area contributed by atoms with E-state index in [1.54, 1.807) is 0 Å².